The molecule has 2 amide bonds. The molecule has 0 aliphatic heterocycles. The Morgan fingerprint density at radius 3 is 2.52 bits per heavy atom. The molecule has 0 bridgehead atoms. The second-order valence-electron chi connectivity index (χ2n) is 5.47. The number of hydrogen-bond donors (Lipinski definition) is 2. The van der Waals surface area contributed by atoms with Gasteiger partial charge in [-0.25, -0.2) is 5.43 Å². The number of nitrogens with zero attached hydrogens (tertiary/aromatic N) is 2. The molecule has 7 heteroatoms. The summed E-state index contributed by atoms with van der Waals surface area (Å²) in [6, 6.07) is 14.7. The number of benzene rings is 2. The number of hydrogen-bond acceptors (Lipinski definition) is 4. The van der Waals surface area contributed by atoms with Gasteiger partial charge in [-0.2, -0.15) is 5.10 Å². The van der Waals surface area contributed by atoms with Crippen LogP contribution in [0.15, 0.2) is 58.1 Å². The normalized spacial score (nSPS) is 10.5. The van der Waals surface area contributed by atoms with Crippen molar-refractivity contribution in [2.45, 2.75) is 0 Å². The Hall–Kier alpha value is -2.67. The van der Waals surface area contributed by atoms with Crippen molar-refractivity contribution in [2.24, 2.45) is 5.10 Å². The van der Waals surface area contributed by atoms with Crippen molar-refractivity contribution < 1.29 is 9.59 Å². The number of anilines is 1. The number of nitrogens with one attached hydrogen (secondary N) is 2. The molecule has 2 aromatic rings. The molecule has 0 aliphatic rings. The fourth-order valence-corrected chi connectivity index (χ4v) is 2.37. The van der Waals surface area contributed by atoms with E-state index in [1.807, 2.05) is 49.3 Å². The standard InChI is InChI=1S/C18H19BrN4O2/c1-23(2)16-8-6-13(7-9-16)11-21-22-17(24)12-20-18(25)14-4-3-5-15(19)10-14/h3-11H,12H2,1-2H3,(H,20,25)(H,22,24). The maximum absolute atomic E-state index is 11.9. The fraction of sp³-hybridized carbons (Fsp3) is 0.167. The van der Waals surface area contributed by atoms with Crippen LogP contribution in [-0.4, -0.2) is 38.7 Å². The first-order chi connectivity index (χ1) is 12.0. The predicted molar refractivity (Wildman–Crippen MR) is 103 cm³/mol. The molecule has 0 atom stereocenters. The highest BCUT2D eigenvalue weighted by Gasteiger charge is 2.07. The summed E-state index contributed by atoms with van der Waals surface area (Å²) in [5, 5.41) is 6.43. The van der Waals surface area contributed by atoms with E-state index in [-0.39, 0.29) is 12.5 Å². The minimum Gasteiger partial charge on any atom is -0.378 e. The fourth-order valence-electron chi connectivity index (χ4n) is 1.97. The zero-order valence-electron chi connectivity index (χ0n) is 14.0. The SMILES string of the molecule is CN(C)c1ccc(C=NNC(=O)CNC(=O)c2cccc(Br)c2)cc1. The van der Waals surface area contributed by atoms with Gasteiger partial charge in [0, 0.05) is 29.8 Å². The lowest BCUT2D eigenvalue weighted by molar-refractivity contribution is -0.120. The lowest BCUT2D eigenvalue weighted by atomic mass is 10.2. The smallest absolute Gasteiger partial charge is 0.259 e. The third kappa shape index (κ3) is 6.04. The number of halogens is 1. The Labute approximate surface area is 155 Å². The van der Waals surface area contributed by atoms with Crippen LogP contribution >= 0.6 is 15.9 Å². The molecular weight excluding hydrogens is 384 g/mol. The largest absolute Gasteiger partial charge is 0.378 e. The van der Waals surface area contributed by atoms with E-state index in [1.165, 1.54) is 0 Å². The van der Waals surface area contributed by atoms with E-state index in [2.05, 4.69) is 31.8 Å². The van der Waals surface area contributed by atoms with Crippen LogP contribution < -0.4 is 15.6 Å². The minimum absolute atomic E-state index is 0.151. The van der Waals surface area contributed by atoms with Gasteiger partial charge < -0.3 is 10.2 Å². The first kappa shape index (κ1) is 18.7. The van der Waals surface area contributed by atoms with Crippen molar-refractivity contribution in [3.63, 3.8) is 0 Å². The number of carbonyl (C=O) groups excluding carboxylic acids is 2. The van der Waals surface area contributed by atoms with Gasteiger partial charge in [0.05, 0.1) is 12.8 Å². The molecule has 2 aromatic carbocycles. The lowest BCUT2D eigenvalue weighted by Crippen LogP contribution is -2.34. The highest BCUT2D eigenvalue weighted by Crippen LogP contribution is 2.11. The number of amides is 2. The molecule has 2 rings (SSSR count). The average Bonchev–Trinajstić information content (AvgIpc) is 2.60. The molecule has 0 heterocycles. The van der Waals surface area contributed by atoms with Gasteiger partial charge in [-0.05, 0) is 35.9 Å². The van der Waals surface area contributed by atoms with Crippen molar-refractivity contribution in [3.8, 4) is 0 Å². The molecule has 0 aromatic heterocycles. The summed E-state index contributed by atoms with van der Waals surface area (Å²) < 4.78 is 0.800. The molecule has 0 saturated carbocycles. The average molecular weight is 403 g/mol. The molecule has 130 valence electrons. The van der Waals surface area contributed by atoms with Crippen LogP contribution in [0.25, 0.3) is 0 Å². The maximum Gasteiger partial charge on any atom is 0.259 e. The van der Waals surface area contributed by atoms with Crippen LogP contribution in [0.1, 0.15) is 15.9 Å². The number of carbonyl (C=O) groups is 2. The van der Waals surface area contributed by atoms with E-state index in [0.29, 0.717) is 5.56 Å². The molecule has 2 N–H and O–H groups in total. The Morgan fingerprint density at radius 2 is 1.88 bits per heavy atom. The Kier molecular flexibility index (Phi) is 6.71. The Bertz CT molecular complexity index is 773. The van der Waals surface area contributed by atoms with E-state index < -0.39 is 5.91 Å². The van der Waals surface area contributed by atoms with Crippen molar-refractivity contribution in [2.75, 3.05) is 25.5 Å². The van der Waals surface area contributed by atoms with Gasteiger partial charge in [0.15, 0.2) is 0 Å². The third-order valence-corrected chi connectivity index (χ3v) is 3.80. The summed E-state index contributed by atoms with van der Waals surface area (Å²) in [7, 11) is 3.93. The minimum atomic E-state index is -0.399. The Morgan fingerprint density at radius 1 is 1.16 bits per heavy atom. The van der Waals surface area contributed by atoms with Crippen LogP contribution in [0.3, 0.4) is 0 Å². The van der Waals surface area contributed by atoms with Crippen molar-refractivity contribution in [1.29, 1.82) is 0 Å². The van der Waals surface area contributed by atoms with Gasteiger partial charge >= 0.3 is 0 Å². The molecule has 0 unspecified atom stereocenters. The Balaban J connectivity index is 1.79. The molecule has 0 spiro atoms. The zero-order chi connectivity index (χ0) is 18.2. The quantitative estimate of drug-likeness (QED) is 0.575. The van der Waals surface area contributed by atoms with Gasteiger partial charge in [-0.3, -0.25) is 9.59 Å². The second-order valence-corrected chi connectivity index (χ2v) is 6.39. The summed E-state index contributed by atoms with van der Waals surface area (Å²) in [5.74, 6) is -0.718. The molecule has 0 fully saturated rings. The van der Waals surface area contributed by atoms with Crippen molar-refractivity contribution in [1.82, 2.24) is 10.7 Å². The van der Waals surface area contributed by atoms with Gasteiger partial charge in [-0.15, -0.1) is 0 Å². The molecule has 0 aliphatic carbocycles. The van der Waals surface area contributed by atoms with Crippen LogP contribution in [0.5, 0.6) is 0 Å². The van der Waals surface area contributed by atoms with Gasteiger partial charge in [0.2, 0.25) is 0 Å². The van der Waals surface area contributed by atoms with Crippen LogP contribution in [0.2, 0.25) is 0 Å². The molecule has 25 heavy (non-hydrogen) atoms. The van der Waals surface area contributed by atoms with E-state index >= 15 is 0 Å². The van der Waals surface area contributed by atoms with E-state index in [4.69, 9.17) is 0 Å². The topological polar surface area (TPSA) is 73.8 Å². The lowest BCUT2D eigenvalue weighted by Gasteiger charge is -2.11. The van der Waals surface area contributed by atoms with Crippen LogP contribution in [0.4, 0.5) is 5.69 Å². The monoisotopic (exact) mass is 402 g/mol. The summed E-state index contributed by atoms with van der Waals surface area (Å²) in [6.45, 7) is -0.151. The highest BCUT2D eigenvalue weighted by molar-refractivity contribution is 9.10. The molecule has 6 nitrogen and oxygen atoms in total. The van der Waals surface area contributed by atoms with Crippen molar-refractivity contribution in [3.05, 3.63) is 64.1 Å². The molecule has 0 radical (unpaired) electrons. The summed E-state index contributed by atoms with van der Waals surface area (Å²) in [5.41, 5.74) is 4.81. The van der Waals surface area contributed by atoms with Crippen molar-refractivity contribution >= 4 is 39.6 Å². The van der Waals surface area contributed by atoms with Gasteiger partial charge in [0.25, 0.3) is 11.8 Å². The second kappa shape index (κ2) is 8.98. The number of hydrazone groups is 1. The van der Waals surface area contributed by atoms with Gasteiger partial charge in [0.1, 0.15) is 0 Å². The van der Waals surface area contributed by atoms with E-state index in [1.54, 1.807) is 24.4 Å². The molecular formula is C18H19BrN4O2. The van der Waals surface area contributed by atoms with Crippen LogP contribution in [0, 0.1) is 0 Å². The van der Waals surface area contributed by atoms with E-state index in [0.717, 1.165) is 15.7 Å². The highest BCUT2D eigenvalue weighted by atomic mass is 79.9. The maximum atomic E-state index is 11.9. The summed E-state index contributed by atoms with van der Waals surface area (Å²) in [6.07, 6.45) is 1.55. The zero-order valence-corrected chi connectivity index (χ0v) is 15.6. The van der Waals surface area contributed by atoms with Gasteiger partial charge in [-0.1, -0.05) is 34.1 Å². The number of rotatable bonds is 6. The summed E-state index contributed by atoms with van der Waals surface area (Å²) >= 11 is 3.30. The van der Waals surface area contributed by atoms with Crippen LogP contribution in [-0.2, 0) is 4.79 Å². The first-order valence-corrected chi connectivity index (χ1v) is 8.38. The third-order valence-electron chi connectivity index (χ3n) is 3.31. The predicted octanol–water partition coefficient (Wildman–Crippen LogP) is 2.40. The first-order valence-electron chi connectivity index (χ1n) is 7.59. The molecule has 0 saturated heterocycles. The summed E-state index contributed by atoms with van der Waals surface area (Å²) in [4.78, 5) is 25.6. The van der Waals surface area contributed by atoms with E-state index in [9.17, 15) is 9.59 Å².